The molecule has 1 heterocycles. The monoisotopic (exact) mass is 533 g/mol. The molecule has 200 valence electrons. The second kappa shape index (κ2) is 11.6. The van der Waals surface area contributed by atoms with Gasteiger partial charge in [0, 0.05) is 16.5 Å². The van der Waals surface area contributed by atoms with Crippen LogP contribution in [-0.4, -0.2) is 37.3 Å². The van der Waals surface area contributed by atoms with Crippen molar-refractivity contribution in [3.8, 4) is 28.4 Å². The number of nitrogens with zero attached hydrogens (tertiary/aromatic N) is 1. The minimum atomic E-state index is -0.548. The van der Waals surface area contributed by atoms with Crippen LogP contribution in [0.15, 0.2) is 96.1 Å². The first-order valence-electron chi connectivity index (χ1n) is 12.5. The number of aromatic nitrogens is 1. The van der Waals surface area contributed by atoms with Gasteiger partial charge in [0.1, 0.15) is 11.4 Å². The summed E-state index contributed by atoms with van der Waals surface area (Å²) in [5.41, 5.74) is 7.70. The predicted octanol–water partition coefficient (Wildman–Crippen LogP) is 6.14. The van der Waals surface area contributed by atoms with Gasteiger partial charge in [-0.1, -0.05) is 54.6 Å². The zero-order chi connectivity index (χ0) is 28.1. The van der Waals surface area contributed by atoms with Crippen molar-refractivity contribution in [2.75, 3.05) is 14.2 Å². The first kappa shape index (κ1) is 26.2. The van der Waals surface area contributed by atoms with Gasteiger partial charge in [0.15, 0.2) is 11.5 Å². The van der Waals surface area contributed by atoms with Gasteiger partial charge in [-0.05, 0) is 60.0 Å². The van der Waals surface area contributed by atoms with Crippen molar-refractivity contribution in [3.05, 3.63) is 113 Å². The third-order valence-electron chi connectivity index (χ3n) is 6.41. The molecule has 0 fully saturated rings. The molecule has 0 radical (unpaired) electrons. The van der Waals surface area contributed by atoms with Crippen LogP contribution in [0.2, 0.25) is 0 Å². The molecule has 1 amide bonds. The molecule has 5 rings (SSSR count). The number of aromatic amines is 1. The minimum absolute atomic E-state index is 0.248. The maximum absolute atomic E-state index is 13.2. The third-order valence-corrected chi connectivity index (χ3v) is 6.41. The lowest BCUT2D eigenvalue weighted by molar-refractivity contribution is 0.0729. The molecule has 0 atom stereocenters. The molecule has 0 saturated heterocycles. The van der Waals surface area contributed by atoms with Gasteiger partial charge in [0.05, 0.1) is 26.0 Å². The summed E-state index contributed by atoms with van der Waals surface area (Å²) in [6.45, 7) is 2.00. The molecule has 5 aromatic rings. The number of H-pyrrole nitrogens is 1. The lowest BCUT2D eigenvalue weighted by Crippen LogP contribution is -2.18. The van der Waals surface area contributed by atoms with Gasteiger partial charge >= 0.3 is 5.97 Å². The number of hydrogen-bond acceptors (Lipinski definition) is 6. The SMILES string of the molecule is COc1cccc(C(=O)Oc2ccc(C=NNC(=O)c3[nH]c4c(C)cccc4c3-c3ccccc3)cc2OC)c1. The second-order valence-corrected chi connectivity index (χ2v) is 8.97. The first-order valence-corrected chi connectivity index (χ1v) is 12.5. The summed E-state index contributed by atoms with van der Waals surface area (Å²) < 4.78 is 16.1. The molecule has 0 bridgehead atoms. The molecule has 0 aliphatic carbocycles. The zero-order valence-electron chi connectivity index (χ0n) is 22.2. The Balaban J connectivity index is 1.34. The lowest BCUT2D eigenvalue weighted by atomic mass is 10.0. The summed E-state index contributed by atoms with van der Waals surface area (Å²) in [5, 5.41) is 5.12. The number of rotatable bonds is 8. The molecule has 40 heavy (non-hydrogen) atoms. The fourth-order valence-corrected chi connectivity index (χ4v) is 4.42. The quantitative estimate of drug-likeness (QED) is 0.108. The van der Waals surface area contributed by atoms with Crippen LogP contribution in [-0.2, 0) is 0 Å². The molecular weight excluding hydrogens is 506 g/mol. The molecule has 0 unspecified atom stereocenters. The minimum Gasteiger partial charge on any atom is -0.497 e. The predicted molar refractivity (Wildman–Crippen MR) is 154 cm³/mol. The Kier molecular flexibility index (Phi) is 7.59. The summed E-state index contributed by atoms with van der Waals surface area (Å²) in [5.74, 6) is 0.213. The van der Waals surface area contributed by atoms with Crippen molar-refractivity contribution in [1.29, 1.82) is 0 Å². The molecule has 0 aliphatic rings. The number of carbonyl (C=O) groups excluding carboxylic acids is 2. The normalized spacial score (nSPS) is 11.0. The van der Waals surface area contributed by atoms with Crippen molar-refractivity contribution in [2.24, 2.45) is 5.10 Å². The second-order valence-electron chi connectivity index (χ2n) is 8.97. The summed E-state index contributed by atoms with van der Waals surface area (Å²) in [7, 11) is 3.00. The van der Waals surface area contributed by atoms with Crippen LogP contribution in [0.25, 0.3) is 22.0 Å². The number of benzene rings is 4. The van der Waals surface area contributed by atoms with Crippen molar-refractivity contribution in [1.82, 2.24) is 10.4 Å². The number of nitrogens with one attached hydrogen (secondary N) is 2. The van der Waals surface area contributed by atoms with E-state index in [1.807, 2.05) is 55.5 Å². The smallest absolute Gasteiger partial charge is 0.343 e. The van der Waals surface area contributed by atoms with Gasteiger partial charge in [-0.15, -0.1) is 0 Å². The highest BCUT2D eigenvalue weighted by atomic mass is 16.6. The highest BCUT2D eigenvalue weighted by Crippen LogP contribution is 2.34. The summed E-state index contributed by atoms with van der Waals surface area (Å²) in [6.07, 6.45) is 1.49. The molecule has 1 aromatic heterocycles. The molecule has 0 spiro atoms. The van der Waals surface area contributed by atoms with Crippen molar-refractivity contribution in [3.63, 3.8) is 0 Å². The maximum atomic E-state index is 13.2. The molecular formula is C32H27N3O5. The van der Waals surface area contributed by atoms with Gasteiger partial charge in [0.2, 0.25) is 0 Å². The van der Waals surface area contributed by atoms with Gasteiger partial charge < -0.3 is 19.2 Å². The molecule has 8 heteroatoms. The van der Waals surface area contributed by atoms with Gasteiger partial charge in [-0.2, -0.15) is 5.10 Å². The molecule has 8 nitrogen and oxygen atoms in total. The van der Waals surface area contributed by atoms with Crippen molar-refractivity contribution < 1.29 is 23.8 Å². The van der Waals surface area contributed by atoms with E-state index in [0.29, 0.717) is 28.3 Å². The fourth-order valence-electron chi connectivity index (χ4n) is 4.42. The number of methoxy groups -OCH3 is 2. The average Bonchev–Trinajstić information content (AvgIpc) is 3.39. The number of amides is 1. The summed E-state index contributed by atoms with van der Waals surface area (Å²) in [4.78, 5) is 29.1. The van der Waals surface area contributed by atoms with E-state index in [4.69, 9.17) is 14.2 Å². The Hall–Kier alpha value is -5.37. The Labute approximate surface area is 231 Å². The fraction of sp³-hybridized carbons (Fsp3) is 0.0938. The van der Waals surface area contributed by atoms with Crippen LogP contribution < -0.4 is 19.6 Å². The Morgan fingerprint density at radius 3 is 2.42 bits per heavy atom. The Morgan fingerprint density at radius 1 is 0.850 bits per heavy atom. The first-order chi connectivity index (χ1) is 19.5. The van der Waals surface area contributed by atoms with E-state index in [1.54, 1.807) is 42.5 Å². The van der Waals surface area contributed by atoms with Gasteiger partial charge in [-0.3, -0.25) is 4.79 Å². The van der Waals surface area contributed by atoms with Crippen LogP contribution in [0.5, 0.6) is 17.2 Å². The van der Waals surface area contributed by atoms with Crippen LogP contribution >= 0.6 is 0 Å². The number of esters is 1. The summed E-state index contributed by atoms with van der Waals surface area (Å²) >= 11 is 0. The lowest BCUT2D eigenvalue weighted by Gasteiger charge is -2.10. The molecule has 2 N–H and O–H groups in total. The largest absolute Gasteiger partial charge is 0.497 e. The maximum Gasteiger partial charge on any atom is 0.343 e. The van der Waals surface area contributed by atoms with Crippen LogP contribution in [0, 0.1) is 6.92 Å². The topological polar surface area (TPSA) is 102 Å². The number of carbonyl (C=O) groups is 2. The highest BCUT2D eigenvalue weighted by molar-refractivity contribution is 6.10. The van der Waals surface area contributed by atoms with E-state index >= 15 is 0 Å². The van der Waals surface area contributed by atoms with E-state index in [-0.39, 0.29) is 11.7 Å². The Bertz CT molecular complexity index is 1720. The van der Waals surface area contributed by atoms with Crippen LogP contribution in [0.4, 0.5) is 0 Å². The summed E-state index contributed by atoms with van der Waals surface area (Å²) in [6, 6.07) is 27.4. The van der Waals surface area contributed by atoms with Gasteiger partial charge in [0.25, 0.3) is 5.91 Å². The van der Waals surface area contributed by atoms with Crippen LogP contribution in [0.1, 0.15) is 32.0 Å². The molecule has 0 saturated carbocycles. The average molecular weight is 534 g/mol. The van der Waals surface area contributed by atoms with Crippen molar-refractivity contribution >= 4 is 29.0 Å². The van der Waals surface area contributed by atoms with Gasteiger partial charge in [-0.25, -0.2) is 10.2 Å². The standard InChI is InChI=1S/C32H27N3O5/c1-20-9-7-14-25-28(22-10-5-4-6-11-22)30(34-29(20)25)31(36)35-33-19-21-15-16-26(27(17-21)39-3)40-32(37)23-12-8-13-24(18-23)38-2/h4-19,34H,1-3H3,(H,35,36). The number of para-hydroxylation sites is 1. The zero-order valence-corrected chi connectivity index (χ0v) is 22.2. The highest BCUT2D eigenvalue weighted by Gasteiger charge is 2.20. The third kappa shape index (κ3) is 5.42. The number of fused-ring (bicyclic) bond motifs is 1. The van der Waals surface area contributed by atoms with E-state index in [0.717, 1.165) is 27.6 Å². The number of hydrazone groups is 1. The van der Waals surface area contributed by atoms with Crippen molar-refractivity contribution in [2.45, 2.75) is 6.92 Å². The number of aryl methyl sites for hydroxylation is 1. The Morgan fingerprint density at radius 2 is 1.65 bits per heavy atom. The van der Waals surface area contributed by atoms with E-state index in [1.165, 1.54) is 20.4 Å². The molecule has 4 aromatic carbocycles. The van der Waals surface area contributed by atoms with Crippen LogP contribution in [0.3, 0.4) is 0 Å². The van der Waals surface area contributed by atoms with E-state index in [9.17, 15) is 9.59 Å². The molecule has 0 aliphatic heterocycles. The number of hydrogen-bond donors (Lipinski definition) is 2. The van der Waals surface area contributed by atoms with E-state index < -0.39 is 5.97 Å². The number of ether oxygens (including phenoxy) is 3. The van der Waals surface area contributed by atoms with E-state index in [2.05, 4.69) is 15.5 Å².